The van der Waals surface area contributed by atoms with Crippen molar-refractivity contribution in [2.75, 3.05) is 25.1 Å². The van der Waals surface area contributed by atoms with Gasteiger partial charge in [-0.25, -0.2) is 0 Å². The van der Waals surface area contributed by atoms with Crippen LogP contribution in [0, 0.1) is 5.92 Å². The van der Waals surface area contributed by atoms with E-state index in [-0.39, 0.29) is 5.91 Å². The Morgan fingerprint density at radius 1 is 1.83 bits per heavy atom. The van der Waals surface area contributed by atoms with E-state index < -0.39 is 0 Å². The number of nitrogens with zero attached hydrogens (tertiary/aromatic N) is 1. The zero-order valence-electron chi connectivity index (χ0n) is 7.45. The largest absolute Gasteiger partial charge is 0.341 e. The van der Waals surface area contributed by atoms with Gasteiger partial charge in [-0.1, -0.05) is 6.08 Å². The van der Waals surface area contributed by atoms with Crippen molar-refractivity contribution in [3.05, 3.63) is 12.7 Å². The number of hydrogen-bond acceptors (Lipinski definition) is 2. The second kappa shape index (κ2) is 4.55. The molecule has 1 amide bonds. The minimum absolute atomic E-state index is 0.270. The van der Waals surface area contributed by atoms with E-state index in [4.69, 9.17) is 0 Å². The molecule has 2 nitrogen and oxygen atoms in total. The molecule has 1 heterocycles. The van der Waals surface area contributed by atoms with Crippen LogP contribution in [0.1, 0.15) is 6.42 Å². The number of carbonyl (C=O) groups excluding carboxylic acids is 1. The molecule has 1 aliphatic rings. The molecule has 1 fully saturated rings. The molecule has 68 valence electrons. The number of amides is 1. The average Bonchev–Trinajstić information content (AvgIpc) is 2.52. The first-order valence-electron chi connectivity index (χ1n) is 4.17. The highest BCUT2D eigenvalue weighted by atomic mass is 32.2. The molecular weight excluding hydrogens is 170 g/mol. The monoisotopic (exact) mass is 185 g/mol. The fourth-order valence-corrected chi connectivity index (χ4v) is 1.85. The van der Waals surface area contributed by atoms with Gasteiger partial charge in [0, 0.05) is 13.1 Å². The lowest BCUT2D eigenvalue weighted by molar-refractivity contribution is -0.127. The Hall–Kier alpha value is -0.440. The van der Waals surface area contributed by atoms with Crippen molar-refractivity contribution in [1.29, 1.82) is 0 Å². The topological polar surface area (TPSA) is 20.3 Å². The fraction of sp³-hybridized carbons (Fsp3) is 0.667. The van der Waals surface area contributed by atoms with Crippen LogP contribution in [0.15, 0.2) is 12.7 Å². The van der Waals surface area contributed by atoms with Gasteiger partial charge in [0.25, 0.3) is 0 Å². The van der Waals surface area contributed by atoms with Gasteiger partial charge in [0.05, 0.1) is 5.75 Å². The zero-order valence-corrected chi connectivity index (χ0v) is 8.27. The highest BCUT2D eigenvalue weighted by Crippen LogP contribution is 2.17. The van der Waals surface area contributed by atoms with Crippen LogP contribution in [0.4, 0.5) is 0 Å². The summed E-state index contributed by atoms with van der Waals surface area (Å²) in [4.78, 5) is 13.3. The summed E-state index contributed by atoms with van der Waals surface area (Å²) < 4.78 is 0. The van der Waals surface area contributed by atoms with E-state index in [1.54, 1.807) is 11.8 Å². The molecule has 12 heavy (non-hydrogen) atoms. The molecule has 1 aliphatic heterocycles. The molecule has 0 aromatic rings. The summed E-state index contributed by atoms with van der Waals surface area (Å²) in [6.45, 7) is 5.53. The van der Waals surface area contributed by atoms with Crippen molar-refractivity contribution in [1.82, 2.24) is 4.90 Å². The predicted octanol–water partition coefficient (Wildman–Crippen LogP) is 1.38. The summed E-state index contributed by atoms with van der Waals surface area (Å²) in [6, 6.07) is 0. The van der Waals surface area contributed by atoms with Gasteiger partial charge in [-0.05, 0) is 18.6 Å². The minimum atomic E-state index is 0.270. The molecule has 1 rings (SSSR count). The number of carbonyl (C=O) groups is 1. The van der Waals surface area contributed by atoms with Gasteiger partial charge in [0.1, 0.15) is 0 Å². The average molecular weight is 185 g/mol. The molecule has 0 bridgehead atoms. The normalized spacial score (nSPS) is 22.8. The second-order valence-electron chi connectivity index (χ2n) is 3.06. The summed E-state index contributed by atoms with van der Waals surface area (Å²) in [6.07, 6.45) is 4.99. The Morgan fingerprint density at radius 2 is 2.58 bits per heavy atom. The van der Waals surface area contributed by atoms with E-state index >= 15 is 0 Å². The van der Waals surface area contributed by atoms with Gasteiger partial charge >= 0.3 is 0 Å². The summed E-state index contributed by atoms with van der Waals surface area (Å²) in [5.41, 5.74) is 0. The van der Waals surface area contributed by atoms with Crippen LogP contribution < -0.4 is 0 Å². The Bertz CT molecular complexity index is 181. The lowest BCUT2D eigenvalue weighted by Gasteiger charge is -2.14. The van der Waals surface area contributed by atoms with Crippen LogP contribution in [-0.2, 0) is 4.79 Å². The maximum atomic E-state index is 11.4. The first-order chi connectivity index (χ1) is 5.77. The second-order valence-corrected chi connectivity index (χ2v) is 3.92. The van der Waals surface area contributed by atoms with Crippen LogP contribution in [0.25, 0.3) is 0 Å². The third-order valence-corrected chi connectivity index (χ3v) is 2.71. The van der Waals surface area contributed by atoms with E-state index in [0.717, 1.165) is 19.5 Å². The van der Waals surface area contributed by atoms with Crippen molar-refractivity contribution in [3.8, 4) is 0 Å². The van der Waals surface area contributed by atoms with Crippen LogP contribution in [0.5, 0.6) is 0 Å². The Balaban J connectivity index is 2.35. The highest BCUT2D eigenvalue weighted by Gasteiger charge is 2.23. The molecule has 1 atom stereocenters. The Morgan fingerprint density at radius 3 is 3.08 bits per heavy atom. The van der Waals surface area contributed by atoms with Gasteiger partial charge in [-0.2, -0.15) is 11.8 Å². The van der Waals surface area contributed by atoms with Crippen LogP contribution in [0.2, 0.25) is 0 Å². The first-order valence-corrected chi connectivity index (χ1v) is 5.56. The maximum Gasteiger partial charge on any atom is 0.232 e. The Labute approximate surface area is 78.0 Å². The molecule has 0 spiro atoms. The van der Waals surface area contributed by atoms with Crippen molar-refractivity contribution in [2.24, 2.45) is 5.92 Å². The third kappa shape index (κ3) is 2.27. The quantitative estimate of drug-likeness (QED) is 0.619. The van der Waals surface area contributed by atoms with Crippen molar-refractivity contribution < 1.29 is 4.79 Å². The van der Waals surface area contributed by atoms with E-state index in [0.29, 0.717) is 11.7 Å². The molecule has 0 radical (unpaired) electrons. The smallest absolute Gasteiger partial charge is 0.232 e. The standard InChI is InChI=1S/C9H15NOS/c1-3-8-4-5-10(6-8)9(11)7-12-2/h3,8H,1,4-7H2,2H3. The summed E-state index contributed by atoms with van der Waals surface area (Å²) >= 11 is 1.59. The molecule has 1 unspecified atom stereocenters. The molecule has 0 aromatic carbocycles. The third-order valence-electron chi connectivity index (χ3n) is 2.18. The maximum absolute atomic E-state index is 11.4. The van der Waals surface area contributed by atoms with Crippen LogP contribution in [-0.4, -0.2) is 35.9 Å². The summed E-state index contributed by atoms with van der Waals surface area (Å²) in [5.74, 6) is 1.41. The number of thioether (sulfide) groups is 1. The van der Waals surface area contributed by atoms with E-state index in [9.17, 15) is 4.79 Å². The number of hydrogen-bond donors (Lipinski definition) is 0. The SMILES string of the molecule is C=CC1CCN(C(=O)CSC)C1. The van der Waals surface area contributed by atoms with E-state index in [1.165, 1.54) is 0 Å². The molecule has 0 saturated carbocycles. The van der Waals surface area contributed by atoms with E-state index in [2.05, 4.69) is 6.58 Å². The van der Waals surface area contributed by atoms with Crippen molar-refractivity contribution in [2.45, 2.75) is 6.42 Å². The van der Waals surface area contributed by atoms with Gasteiger partial charge in [-0.3, -0.25) is 4.79 Å². The predicted molar refractivity (Wildman–Crippen MR) is 53.3 cm³/mol. The zero-order chi connectivity index (χ0) is 8.97. The fourth-order valence-electron chi connectivity index (χ4n) is 1.42. The number of likely N-dealkylation sites (tertiary alicyclic amines) is 1. The van der Waals surface area contributed by atoms with Crippen molar-refractivity contribution in [3.63, 3.8) is 0 Å². The minimum Gasteiger partial charge on any atom is -0.341 e. The lowest BCUT2D eigenvalue weighted by atomic mass is 10.1. The van der Waals surface area contributed by atoms with Gasteiger partial charge in [-0.15, -0.1) is 6.58 Å². The van der Waals surface area contributed by atoms with Crippen LogP contribution in [0.3, 0.4) is 0 Å². The number of rotatable bonds is 3. The van der Waals surface area contributed by atoms with Crippen LogP contribution >= 0.6 is 11.8 Å². The molecule has 0 aliphatic carbocycles. The first kappa shape index (κ1) is 9.65. The molecular formula is C9H15NOS. The molecule has 3 heteroatoms. The molecule has 0 N–H and O–H groups in total. The molecule has 1 saturated heterocycles. The van der Waals surface area contributed by atoms with Gasteiger partial charge in [0.15, 0.2) is 0 Å². The highest BCUT2D eigenvalue weighted by molar-refractivity contribution is 7.99. The van der Waals surface area contributed by atoms with E-state index in [1.807, 2.05) is 17.2 Å². The van der Waals surface area contributed by atoms with Gasteiger partial charge < -0.3 is 4.90 Å². The molecule has 0 aromatic heterocycles. The van der Waals surface area contributed by atoms with Gasteiger partial charge in [0.2, 0.25) is 5.91 Å². The summed E-state index contributed by atoms with van der Waals surface area (Å²) in [5, 5.41) is 0. The van der Waals surface area contributed by atoms with Crippen molar-refractivity contribution >= 4 is 17.7 Å². The Kier molecular flexibility index (Phi) is 3.66. The summed E-state index contributed by atoms with van der Waals surface area (Å²) in [7, 11) is 0. The lowest BCUT2D eigenvalue weighted by Crippen LogP contribution is -2.29.